The largest absolute Gasteiger partial charge is 0.384 e. The highest BCUT2D eigenvalue weighted by Crippen LogP contribution is 2.62. The van der Waals surface area contributed by atoms with E-state index in [1.807, 2.05) is 0 Å². The summed E-state index contributed by atoms with van der Waals surface area (Å²) in [5, 5.41) is 0. The van der Waals surface area contributed by atoms with Crippen molar-refractivity contribution in [3.05, 3.63) is 0 Å². The molecular formula is C10H5F17. The number of alkyl halides is 17. The van der Waals surface area contributed by atoms with Crippen LogP contribution in [0.2, 0.25) is 0 Å². The van der Waals surface area contributed by atoms with Crippen LogP contribution in [-0.2, 0) is 0 Å². The van der Waals surface area contributed by atoms with E-state index < -0.39 is 61.0 Å². The quantitative estimate of drug-likeness (QED) is 0.397. The Labute approximate surface area is 137 Å². The Morgan fingerprint density at radius 1 is 0.444 bits per heavy atom. The topological polar surface area (TPSA) is 0 Å². The summed E-state index contributed by atoms with van der Waals surface area (Å²) in [6, 6.07) is 0. The van der Waals surface area contributed by atoms with Gasteiger partial charge in [0, 0.05) is 6.92 Å². The van der Waals surface area contributed by atoms with Gasteiger partial charge in [0.1, 0.15) is 0 Å². The van der Waals surface area contributed by atoms with Crippen molar-refractivity contribution in [1.29, 1.82) is 0 Å². The molecule has 0 aliphatic carbocycles. The molecule has 0 bridgehead atoms. The average molecular weight is 448 g/mol. The zero-order valence-electron chi connectivity index (χ0n) is 12.1. The van der Waals surface area contributed by atoms with Crippen LogP contribution < -0.4 is 0 Å². The van der Waals surface area contributed by atoms with Crippen molar-refractivity contribution in [2.75, 3.05) is 0 Å². The van der Waals surface area contributed by atoms with Gasteiger partial charge >= 0.3 is 41.5 Å². The summed E-state index contributed by atoms with van der Waals surface area (Å²) in [5.41, 5.74) is 0. The van der Waals surface area contributed by atoms with Crippen molar-refractivity contribution in [3.63, 3.8) is 0 Å². The van der Waals surface area contributed by atoms with Crippen LogP contribution in [0.4, 0.5) is 74.6 Å². The standard InChI is InChI=1S/C10H5F17/c1-4(14,15)6(18,19)8(22,23)10(26,27)9(24,25)7(20,21)5(16,17)2(11)3(12)13/h2-3H,1H3. The van der Waals surface area contributed by atoms with E-state index >= 15 is 0 Å². The molecule has 0 aromatic heterocycles. The van der Waals surface area contributed by atoms with Gasteiger partial charge < -0.3 is 0 Å². The van der Waals surface area contributed by atoms with Gasteiger partial charge in [-0.2, -0.15) is 61.5 Å². The Bertz CT molecular complexity index is 526. The summed E-state index contributed by atoms with van der Waals surface area (Å²) < 4.78 is 216. The van der Waals surface area contributed by atoms with E-state index in [9.17, 15) is 74.6 Å². The molecule has 0 aromatic carbocycles. The minimum atomic E-state index is -8.40. The van der Waals surface area contributed by atoms with Crippen molar-refractivity contribution in [2.24, 2.45) is 0 Å². The third-order valence-corrected chi connectivity index (χ3v) is 3.11. The summed E-state index contributed by atoms with van der Waals surface area (Å²) >= 11 is 0. The normalized spacial score (nSPS) is 17.4. The van der Waals surface area contributed by atoms with Gasteiger partial charge in [-0.1, -0.05) is 0 Å². The van der Waals surface area contributed by atoms with E-state index in [-0.39, 0.29) is 0 Å². The highest BCUT2D eigenvalue weighted by atomic mass is 19.4. The zero-order chi connectivity index (χ0) is 22.7. The summed E-state index contributed by atoms with van der Waals surface area (Å²) in [5.74, 6) is -54.4. The van der Waals surface area contributed by atoms with Crippen molar-refractivity contribution in [3.8, 4) is 0 Å². The van der Waals surface area contributed by atoms with E-state index in [1.165, 1.54) is 0 Å². The first-order valence-electron chi connectivity index (χ1n) is 5.92. The van der Waals surface area contributed by atoms with Crippen LogP contribution in [0.25, 0.3) is 0 Å². The molecule has 1 unspecified atom stereocenters. The third kappa shape index (κ3) is 3.27. The van der Waals surface area contributed by atoms with E-state index in [2.05, 4.69) is 0 Å². The molecule has 0 aromatic rings. The van der Waals surface area contributed by atoms with Crippen LogP contribution in [0, 0.1) is 0 Å². The highest BCUT2D eigenvalue weighted by Gasteiger charge is 2.93. The SMILES string of the molecule is CC(F)(F)C(F)(F)C(F)(F)C(F)(F)C(F)(F)C(F)(F)C(F)(F)C(F)C(F)F. The fraction of sp³-hybridized carbons (Fsp3) is 1.00. The predicted octanol–water partition coefficient (Wildman–Crippen LogP) is 6.06. The van der Waals surface area contributed by atoms with Crippen LogP contribution in [0.1, 0.15) is 6.92 Å². The van der Waals surface area contributed by atoms with Gasteiger partial charge in [-0.05, 0) is 0 Å². The molecule has 164 valence electrons. The second kappa shape index (κ2) is 6.42. The molecule has 0 fully saturated rings. The lowest BCUT2D eigenvalue weighted by atomic mass is 9.88. The van der Waals surface area contributed by atoms with Gasteiger partial charge in [0.25, 0.3) is 6.43 Å². The minimum absolute atomic E-state index is 1.23. The van der Waals surface area contributed by atoms with Gasteiger partial charge in [0.2, 0.25) is 6.17 Å². The summed E-state index contributed by atoms with van der Waals surface area (Å²) in [6.07, 6.45) is -10.9. The second-order valence-corrected chi connectivity index (χ2v) is 5.12. The molecule has 0 saturated carbocycles. The van der Waals surface area contributed by atoms with Gasteiger partial charge in [0.15, 0.2) is 0 Å². The molecule has 0 aliphatic rings. The first kappa shape index (κ1) is 25.8. The van der Waals surface area contributed by atoms with Crippen LogP contribution in [-0.4, -0.2) is 54.1 Å². The lowest BCUT2D eigenvalue weighted by Gasteiger charge is -2.42. The highest BCUT2D eigenvalue weighted by molar-refractivity contribution is 5.14. The molecule has 27 heavy (non-hydrogen) atoms. The minimum Gasteiger partial charge on any atom is -0.234 e. The van der Waals surface area contributed by atoms with Crippen molar-refractivity contribution in [1.82, 2.24) is 0 Å². The van der Waals surface area contributed by atoms with E-state index in [0.29, 0.717) is 0 Å². The molecule has 0 radical (unpaired) electrons. The Kier molecular flexibility index (Phi) is 6.14. The maximum atomic E-state index is 13.1. The third-order valence-electron chi connectivity index (χ3n) is 3.11. The van der Waals surface area contributed by atoms with Crippen LogP contribution in [0.5, 0.6) is 0 Å². The molecule has 0 aliphatic heterocycles. The molecule has 0 N–H and O–H groups in total. The average Bonchev–Trinajstić information content (AvgIpc) is 2.43. The summed E-state index contributed by atoms with van der Waals surface area (Å²) in [4.78, 5) is 0. The predicted molar refractivity (Wildman–Crippen MR) is 51.2 cm³/mol. The molecule has 17 heteroatoms. The van der Waals surface area contributed by atoms with Gasteiger partial charge in [0.05, 0.1) is 0 Å². The molecule has 0 spiro atoms. The number of rotatable bonds is 8. The van der Waals surface area contributed by atoms with Gasteiger partial charge in [-0.15, -0.1) is 0 Å². The monoisotopic (exact) mass is 448 g/mol. The Balaban J connectivity index is 6.56. The lowest BCUT2D eigenvalue weighted by molar-refractivity contribution is -0.444. The Hall–Kier alpha value is -1.19. The summed E-state index contributed by atoms with van der Waals surface area (Å²) in [7, 11) is 0. The Morgan fingerprint density at radius 2 is 0.704 bits per heavy atom. The first-order chi connectivity index (χ1) is 11.4. The molecule has 0 nitrogen and oxygen atoms in total. The maximum Gasteiger partial charge on any atom is 0.384 e. The maximum absolute atomic E-state index is 13.1. The fourth-order valence-corrected chi connectivity index (χ4v) is 1.41. The van der Waals surface area contributed by atoms with Crippen molar-refractivity contribution >= 4 is 0 Å². The van der Waals surface area contributed by atoms with Crippen LogP contribution in [0.15, 0.2) is 0 Å². The van der Waals surface area contributed by atoms with E-state index in [4.69, 9.17) is 0 Å². The van der Waals surface area contributed by atoms with Crippen LogP contribution >= 0.6 is 0 Å². The van der Waals surface area contributed by atoms with Crippen LogP contribution in [0.3, 0.4) is 0 Å². The number of hydrogen-bond donors (Lipinski definition) is 0. The van der Waals surface area contributed by atoms with Crippen molar-refractivity contribution < 1.29 is 74.6 Å². The van der Waals surface area contributed by atoms with E-state index in [1.54, 1.807) is 0 Å². The molecule has 0 amide bonds. The molecule has 0 saturated heterocycles. The smallest absolute Gasteiger partial charge is 0.234 e. The van der Waals surface area contributed by atoms with E-state index in [0.717, 1.165) is 0 Å². The molecule has 0 rings (SSSR count). The molecular weight excluding hydrogens is 443 g/mol. The molecule has 1 atom stereocenters. The number of hydrogen-bond acceptors (Lipinski definition) is 0. The summed E-state index contributed by atoms with van der Waals surface area (Å²) in [6.45, 7) is -1.23. The van der Waals surface area contributed by atoms with Crippen molar-refractivity contribution in [2.45, 2.75) is 61.0 Å². The van der Waals surface area contributed by atoms with Gasteiger partial charge in [-0.3, -0.25) is 0 Å². The second-order valence-electron chi connectivity index (χ2n) is 5.12. The lowest BCUT2D eigenvalue weighted by Crippen LogP contribution is -2.73. The molecule has 0 heterocycles. The fourth-order valence-electron chi connectivity index (χ4n) is 1.41. The number of halogens is 17. The van der Waals surface area contributed by atoms with Gasteiger partial charge in [-0.25, -0.2) is 13.2 Å². The Morgan fingerprint density at radius 3 is 0.963 bits per heavy atom. The first-order valence-corrected chi connectivity index (χ1v) is 5.92. The zero-order valence-corrected chi connectivity index (χ0v) is 12.1.